The van der Waals surface area contributed by atoms with Gasteiger partial charge in [0.25, 0.3) is 5.91 Å². The molecule has 1 N–H and O–H groups in total. The minimum absolute atomic E-state index is 0.122. The quantitative estimate of drug-likeness (QED) is 0.737. The Balaban J connectivity index is 1.43. The van der Waals surface area contributed by atoms with Crippen LogP contribution in [0.4, 0.5) is 11.4 Å². The Labute approximate surface area is 162 Å². The van der Waals surface area contributed by atoms with E-state index in [1.165, 1.54) is 6.20 Å². The molecule has 4 rings (SSSR count). The summed E-state index contributed by atoms with van der Waals surface area (Å²) >= 11 is 0. The van der Waals surface area contributed by atoms with Crippen LogP contribution in [-0.4, -0.2) is 28.3 Å². The SMILES string of the molecule is O=C(Nc1cccc(Oc2cnccn2)c1)c1ccc(N2CCCC2=O)cc1. The van der Waals surface area contributed by atoms with Crippen LogP contribution in [0.25, 0.3) is 0 Å². The van der Waals surface area contributed by atoms with Gasteiger partial charge in [0, 0.05) is 48.4 Å². The second-order valence-corrected chi connectivity index (χ2v) is 6.32. The van der Waals surface area contributed by atoms with Crippen molar-refractivity contribution in [3.8, 4) is 11.6 Å². The predicted molar refractivity (Wildman–Crippen MR) is 105 cm³/mol. The van der Waals surface area contributed by atoms with Gasteiger partial charge in [0.1, 0.15) is 5.75 Å². The van der Waals surface area contributed by atoms with E-state index in [2.05, 4.69) is 15.3 Å². The largest absolute Gasteiger partial charge is 0.437 e. The Morgan fingerprint density at radius 1 is 1.11 bits per heavy atom. The Hall–Kier alpha value is -3.74. The van der Waals surface area contributed by atoms with Crippen LogP contribution in [0.5, 0.6) is 11.6 Å². The standard InChI is InChI=1S/C21H18N4O3/c26-20-5-2-12-25(20)17-8-6-15(7-9-17)21(27)24-16-3-1-4-18(13-16)28-19-14-22-10-11-23-19/h1,3-4,6-11,13-14H,2,5,12H2,(H,24,27). The molecular weight excluding hydrogens is 356 g/mol. The maximum Gasteiger partial charge on any atom is 0.255 e. The average molecular weight is 374 g/mol. The van der Waals surface area contributed by atoms with Crippen molar-refractivity contribution in [3.63, 3.8) is 0 Å². The summed E-state index contributed by atoms with van der Waals surface area (Å²) < 4.78 is 5.63. The highest BCUT2D eigenvalue weighted by Gasteiger charge is 2.21. The number of ether oxygens (including phenoxy) is 1. The Morgan fingerprint density at radius 2 is 1.96 bits per heavy atom. The maximum absolute atomic E-state index is 12.5. The van der Waals surface area contributed by atoms with E-state index in [1.54, 1.807) is 65.8 Å². The molecular formula is C21H18N4O3. The Kier molecular flexibility index (Phi) is 4.97. The topological polar surface area (TPSA) is 84.4 Å². The fourth-order valence-electron chi connectivity index (χ4n) is 3.01. The highest BCUT2D eigenvalue weighted by molar-refractivity contribution is 6.05. The van der Waals surface area contributed by atoms with Crippen LogP contribution in [0.2, 0.25) is 0 Å². The fraction of sp³-hybridized carbons (Fsp3) is 0.143. The summed E-state index contributed by atoms with van der Waals surface area (Å²) in [7, 11) is 0. The number of nitrogens with zero attached hydrogens (tertiary/aromatic N) is 3. The minimum atomic E-state index is -0.240. The van der Waals surface area contributed by atoms with E-state index < -0.39 is 0 Å². The molecule has 0 bridgehead atoms. The van der Waals surface area contributed by atoms with Crippen LogP contribution in [-0.2, 0) is 4.79 Å². The van der Waals surface area contributed by atoms with Crippen LogP contribution >= 0.6 is 0 Å². The monoisotopic (exact) mass is 374 g/mol. The maximum atomic E-state index is 12.5. The number of carbonyl (C=O) groups is 2. The van der Waals surface area contributed by atoms with Gasteiger partial charge in [-0.05, 0) is 42.8 Å². The molecule has 1 saturated heterocycles. The first-order valence-electron chi connectivity index (χ1n) is 8.95. The summed E-state index contributed by atoms with van der Waals surface area (Å²) in [4.78, 5) is 34.1. The third kappa shape index (κ3) is 3.98. The lowest BCUT2D eigenvalue weighted by Gasteiger charge is -2.15. The van der Waals surface area contributed by atoms with E-state index in [1.807, 2.05) is 0 Å². The van der Waals surface area contributed by atoms with Crippen LogP contribution in [0.1, 0.15) is 23.2 Å². The molecule has 1 fully saturated rings. The molecule has 7 nitrogen and oxygen atoms in total. The fourth-order valence-corrected chi connectivity index (χ4v) is 3.01. The third-order valence-corrected chi connectivity index (χ3v) is 4.37. The smallest absolute Gasteiger partial charge is 0.255 e. The first-order chi connectivity index (χ1) is 13.7. The summed E-state index contributed by atoms with van der Waals surface area (Å²) in [5.41, 5.74) is 1.93. The van der Waals surface area contributed by atoms with Gasteiger partial charge in [0.05, 0.1) is 6.20 Å². The lowest BCUT2D eigenvalue weighted by atomic mass is 10.1. The Bertz CT molecular complexity index is 990. The Morgan fingerprint density at radius 3 is 2.68 bits per heavy atom. The second kappa shape index (κ2) is 7.87. The van der Waals surface area contributed by atoms with Gasteiger partial charge in [-0.15, -0.1) is 0 Å². The first-order valence-corrected chi connectivity index (χ1v) is 8.95. The van der Waals surface area contributed by atoms with Crippen LogP contribution in [0.15, 0.2) is 67.1 Å². The summed E-state index contributed by atoms with van der Waals surface area (Å²) in [6, 6.07) is 14.1. The molecule has 3 aromatic rings. The van der Waals surface area contributed by atoms with E-state index in [4.69, 9.17) is 4.74 Å². The molecule has 0 unspecified atom stereocenters. The number of hydrogen-bond acceptors (Lipinski definition) is 5. The number of rotatable bonds is 5. The van der Waals surface area contributed by atoms with E-state index in [0.717, 1.165) is 18.7 Å². The predicted octanol–water partition coefficient (Wildman–Crippen LogP) is 3.65. The van der Waals surface area contributed by atoms with Crippen molar-refractivity contribution < 1.29 is 14.3 Å². The minimum Gasteiger partial charge on any atom is -0.437 e. The van der Waals surface area contributed by atoms with Crippen molar-refractivity contribution in [3.05, 3.63) is 72.7 Å². The number of anilines is 2. The van der Waals surface area contributed by atoms with Crippen LogP contribution in [0, 0.1) is 0 Å². The van der Waals surface area contributed by atoms with E-state index >= 15 is 0 Å². The van der Waals surface area contributed by atoms with Crippen molar-refractivity contribution >= 4 is 23.2 Å². The van der Waals surface area contributed by atoms with Gasteiger partial charge in [-0.1, -0.05) is 6.07 Å². The number of carbonyl (C=O) groups excluding carboxylic acids is 2. The average Bonchev–Trinajstić information content (AvgIpc) is 3.15. The summed E-state index contributed by atoms with van der Waals surface area (Å²) in [6.45, 7) is 0.725. The zero-order valence-corrected chi connectivity index (χ0v) is 15.0. The van der Waals surface area contributed by atoms with Gasteiger partial charge in [0.2, 0.25) is 11.8 Å². The molecule has 0 aliphatic carbocycles. The summed E-state index contributed by atoms with van der Waals surface area (Å²) in [5.74, 6) is 0.798. The van der Waals surface area contributed by atoms with Gasteiger partial charge < -0.3 is 15.0 Å². The van der Waals surface area contributed by atoms with Crippen molar-refractivity contribution in [2.45, 2.75) is 12.8 Å². The molecule has 2 amide bonds. The third-order valence-electron chi connectivity index (χ3n) is 4.37. The number of amides is 2. The summed E-state index contributed by atoms with van der Waals surface area (Å²) in [5, 5.41) is 2.85. The number of hydrogen-bond donors (Lipinski definition) is 1. The molecule has 1 aliphatic rings. The van der Waals surface area contributed by atoms with Gasteiger partial charge in [0.15, 0.2) is 0 Å². The molecule has 2 aromatic carbocycles. The van der Waals surface area contributed by atoms with Gasteiger partial charge >= 0.3 is 0 Å². The van der Waals surface area contributed by atoms with Crippen molar-refractivity contribution in [1.82, 2.24) is 9.97 Å². The molecule has 0 radical (unpaired) electrons. The molecule has 2 heterocycles. The van der Waals surface area contributed by atoms with E-state index in [-0.39, 0.29) is 11.8 Å². The molecule has 1 aliphatic heterocycles. The number of aromatic nitrogens is 2. The summed E-state index contributed by atoms with van der Waals surface area (Å²) in [6.07, 6.45) is 6.07. The molecule has 0 saturated carbocycles. The van der Waals surface area contributed by atoms with E-state index in [0.29, 0.717) is 29.3 Å². The van der Waals surface area contributed by atoms with Crippen LogP contribution < -0.4 is 15.0 Å². The molecule has 0 atom stereocenters. The molecule has 7 heteroatoms. The van der Waals surface area contributed by atoms with Crippen molar-refractivity contribution in [2.24, 2.45) is 0 Å². The van der Waals surface area contributed by atoms with E-state index in [9.17, 15) is 9.59 Å². The van der Waals surface area contributed by atoms with Gasteiger partial charge in [-0.25, -0.2) is 4.98 Å². The van der Waals surface area contributed by atoms with Crippen molar-refractivity contribution in [1.29, 1.82) is 0 Å². The van der Waals surface area contributed by atoms with Gasteiger partial charge in [-0.2, -0.15) is 0 Å². The molecule has 1 aromatic heterocycles. The van der Waals surface area contributed by atoms with Gasteiger partial charge in [-0.3, -0.25) is 14.6 Å². The normalized spacial score (nSPS) is 13.4. The lowest BCUT2D eigenvalue weighted by molar-refractivity contribution is -0.117. The first kappa shape index (κ1) is 17.7. The van der Waals surface area contributed by atoms with Crippen LogP contribution in [0.3, 0.4) is 0 Å². The zero-order chi connectivity index (χ0) is 19.3. The molecule has 0 spiro atoms. The van der Waals surface area contributed by atoms with Crippen molar-refractivity contribution in [2.75, 3.05) is 16.8 Å². The number of nitrogens with one attached hydrogen (secondary N) is 1. The highest BCUT2D eigenvalue weighted by Crippen LogP contribution is 2.24. The molecule has 140 valence electrons. The number of benzene rings is 2. The second-order valence-electron chi connectivity index (χ2n) is 6.32. The zero-order valence-electron chi connectivity index (χ0n) is 15.0. The lowest BCUT2D eigenvalue weighted by Crippen LogP contribution is -2.23. The highest BCUT2D eigenvalue weighted by atomic mass is 16.5. The molecule has 28 heavy (non-hydrogen) atoms.